The van der Waals surface area contributed by atoms with Crippen molar-refractivity contribution >= 4 is 16.7 Å². The lowest BCUT2D eigenvalue weighted by Crippen LogP contribution is -2.34. The Morgan fingerprint density at radius 2 is 1.95 bits per heavy atom. The van der Waals surface area contributed by atoms with Gasteiger partial charge in [-0.2, -0.15) is 0 Å². The summed E-state index contributed by atoms with van der Waals surface area (Å²) < 4.78 is 0. The highest BCUT2D eigenvalue weighted by Gasteiger charge is 2.20. The Labute approximate surface area is 121 Å². The molecule has 0 radical (unpaired) electrons. The van der Waals surface area contributed by atoms with Gasteiger partial charge >= 0.3 is 0 Å². The second kappa shape index (κ2) is 6.23. The van der Waals surface area contributed by atoms with E-state index in [-0.39, 0.29) is 0 Å². The number of benzene rings is 1. The Morgan fingerprint density at radius 1 is 1.20 bits per heavy atom. The van der Waals surface area contributed by atoms with E-state index in [9.17, 15) is 5.11 Å². The SMILES string of the molecule is CC(C)CCC(C)(O)CNc1ccc2ccccc2n1. The van der Waals surface area contributed by atoms with Gasteiger partial charge in [0.05, 0.1) is 11.1 Å². The molecule has 0 aliphatic rings. The predicted molar refractivity (Wildman–Crippen MR) is 84.9 cm³/mol. The number of hydrogen-bond donors (Lipinski definition) is 2. The van der Waals surface area contributed by atoms with Gasteiger partial charge in [0.15, 0.2) is 0 Å². The van der Waals surface area contributed by atoms with Gasteiger partial charge in [-0.1, -0.05) is 32.0 Å². The van der Waals surface area contributed by atoms with Crippen molar-refractivity contribution in [3.8, 4) is 0 Å². The number of anilines is 1. The molecule has 1 atom stereocenters. The van der Waals surface area contributed by atoms with Gasteiger partial charge in [-0.15, -0.1) is 0 Å². The smallest absolute Gasteiger partial charge is 0.126 e. The molecule has 1 unspecified atom stereocenters. The minimum atomic E-state index is -0.697. The summed E-state index contributed by atoms with van der Waals surface area (Å²) in [5.74, 6) is 1.42. The number of fused-ring (bicyclic) bond motifs is 1. The maximum absolute atomic E-state index is 10.3. The summed E-state index contributed by atoms with van der Waals surface area (Å²) >= 11 is 0. The van der Waals surface area contributed by atoms with Crippen LogP contribution in [0.2, 0.25) is 0 Å². The highest BCUT2D eigenvalue weighted by molar-refractivity contribution is 5.80. The second-order valence-corrected chi connectivity index (χ2v) is 6.17. The molecule has 20 heavy (non-hydrogen) atoms. The van der Waals surface area contributed by atoms with Crippen molar-refractivity contribution in [3.05, 3.63) is 36.4 Å². The molecule has 2 rings (SSSR count). The molecule has 0 bridgehead atoms. The number of aromatic nitrogens is 1. The van der Waals surface area contributed by atoms with Crippen LogP contribution in [0.3, 0.4) is 0 Å². The fourth-order valence-electron chi connectivity index (χ4n) is 2.13. The number of pyridine rings is 1. The zero-order valence-electron chi connectivity index (χ0n) is 12.6. The zero-order valence-corrected chi connectivity index (χ0v) is 12.6. The molecule has 0 saturated heterocycles. The fraction of sp³-hybridized carbons (Fsp3) is 0.471. The van der Waals surface area contributed by atoms with Gasteiger partial charge < -0.3 is 10.4 Å². The molecule has 0 aliphatic heterocycles. The molecule has 1 heterocycles. The topological polar surface area (TPSA) is 45.1 Å². The van der Waals surface area contributed by atoms with Crippen LogP contribution in [0.5, 0.6) is 0 Å². The van der Waals surface area contributed by atoms with Crippen molar-refractivity contribution in [2.45, 2.75) is 39.2 Å². The number of nitrogens with one attached hydrogen (secondary N) is 1. The van der Waals surface area contributed by atoms with Crippen LogP contribution in [0.1, 0.15) is 33.6 Å². The fourth-order valence-corrected chi connectivity index (χ4v) is 2.13. The Balaban J connectivity index is 1.98. The van der Waals surface area contributed by atoms with Crippen LogP contribution in [-0.2, 0) is 0 Å². The predicted octanol–water partition coefficient (Wildman–Crippen LogP) is 3.83. The summed E-state index contributed by atoms with van der Waals surface area (Å²) in [4.78, 5) is 4.55. The van der Waals surface area contributed by atoms with Gasteiger partial charge in [0.25, 0.3) is 0 Å². The van der Waals surface area contributed by atoms with Crippen molar-refractivity contribution < 1.29 is 5.11 Å². The van der Waals surface area contributed by atoms with E-state index in [0.29, 0.717) is 12.5 Å². The first-order valence-corrected chi connectivity index (χ1v) is 7.28. The maximum Gasteiger partial charge on any atom is 0.126 e. The summed E-state index contributed by atoms with van der Waals surface area (Å²) in [5, 5.41) is 14.7. The molecule has 1 aromatic carbocycles. The first-order valence-electron chi connectivity index (χ1n) is 7.28. The van der Waals surface area contributed by atoms with E-state index in [1.54, 1.807) is 0 Å². The summed E-state index contributed by atoms with van der Waals surface area (Å²) in [6, 6.07) is 12.0. The van der Waals surface area contributed by atoms with Gasteiger partial charge in [-0.05, 0) is 43.9 Å². The van der Waals surface area contributed by atoms with Gasteiger partial charge in [-0.25, -0.2) is 4.98 Å². The van der Waals surface area contributed by atoms with E-state index in [2.05, 4.69) is 24.1 Å². The van der Waals surface area contributed by atoms with Gasteiger partial charge in [-0.3, -0.25) is 0 Å². The number of para-hydroxylation sites is 1. The molecule has 1 aromatic heterocycles. The Hall–Kier alpha value is -1.61. The molecule has 0 aliphatic carbocycles. The summed E-state index contributed by atoms with van der Waals surface area (Å²) in [5.41, 5.74) is 0.275. The van der Waals surface area contributed by atoms with Gasteiger partial charge in [0, 0.05) is 11.9 Å². The molecular formula is C17H24N2O. The normalized spacial score (nSPS) is 14.4. The van der Waals surface area contributed by atoms with Crippen LogP contribution in [0.25, 0.3) is 10.9 Å². The maximum atomic E-state index is 10.3. The molecule has 2 N–H and O–H groups in total. The molecular weight excluding hydrogens is 248 g/mol. The molecule has 0 saturated carbocycles. The number of rotatable bonds is 6. The van der Waals surface area contributed by atoms with Gasteiger partial charge in [0.1, 0.15) is 5.82 Å². The minimum absolute atomic E-state index is 0.519. The highest BCUT2D eigenvalue weighted by atomic mass is 16.3. The summed E-state index contributed by atoms with van der Waals surface area (Å²) in [6.07, 6.45) is 1.82. The van der Waals surface area contributed by atoms with E-state index in [1.165, 1.54) is 0 Å². The van der Waals surface area contributed by atoms with Gasteiger partial charge in [0.2, 0.25) is 0 Å². The van der Waals surface area contributed by atoms with Crippen LogP contribution < -0.4 is 5.32 Å². The molecule has 3 heteroatoms. The average Bonchev–Trinajstić information content (AvgIpc) is 2.43. The Kier molecular flexibility index (Phi) is 4.61. The third-order valence-corrected chi connectivity index (χ3v) is 3.51. The summed E-state index contributed by atoms with van der Waals surface area (Å²) in [7, 11) is 0. The van der Waals surface area contributed by atoms with Crippen LogP contribution in [0.15, 0.2) is 36.4 Å². The Bertz CT molecular complexity index is 564. The van der Waals surface area contributed by atoms with E-state index in [0.717, 1.165) is 29.6 Å². The molecule has 2 aromatic rings. The largest absolute Gasteiger partial charge is 0.388 e. The van der Waals surface area contributed by atoms with Crippen molar-refractivity contribution in [1.29, 1.82) is 0 Å². The molecule has 0 amide bonds. The Morgan fingerprint density at radius 3 is 2.70 bits per heavy atom. The van der Waals surface area contributed by atoms with Crippen molar-refractivity contribution in [2.24, 2.45) is 5.92 Å². The van der Waals surface area contributed by atoms with Crippen LogP contribution in [0, 0.1) is 5.92 Å². The first-order chi connectivity index (χ1) is 9.46. The number of hydrogen-bond acceptors (Lipinski definition) is 3. The molecule has 3 nitrogen and oxygen atoms in total. The van der Waals surface area contributed by atoms with Crippen LogP contribution >= 0.6 is 0 Å². The van der Waals surface area contributed by atoms with Crippen molar-refractivity contribution in [2.75, 3.05) is 11.9 Å². The van der Waals surface area contributed by atoms with Crippen LogP contribution in [-0.4, -0.2) is 22.2 Å². The number of aliphatic hydroxyl groups is 1. The average molecular weight is 272 g/mol. The van der Waals surface area contributed by atoms with E-state index in [1.807, 2.05) is 43.3 Å². The molecule has 0 spiro atoms. The third-order valence-electron chi connectivity index (χ3n) is 3.51. The van der Waals surface area contributed by atoms with Crippen molar-refractivity contribution in [1.82, 2.24) is 4.98 Å². The zero-order chi connectivity index (χ0) is 14.6. The lowest BCUT2D eigenvalue weighted by molar-refractivity contribution is 0.0585. The molecule has 108 valence electrons. The van der Waals surface area contributed by atoms with E-state index >= 15 is 0 Å². The lowest BCUT2D eigenvalue weighted by atomic mass is 9.95. The minimum Gasteiger partial charge on any atom is -0.388 e. The monoisotopic (exact) mass is 272 g/mol. The second-order valence-electron chi connectivity index (χ2n) is 6.17. The molecule has 0 fully saturated rings. The quantitative estimate of drug-likeness (QED) is 0.840. The third kappa shape index (κ3) is 4.20. The first kappa shape index (κ1) is 14.8. The number of nitrogens with zero attached hydrogens (tertiary/aromatic N) is 1. The highest BCUT2D eigenvalue weighted by Crippen LogP contribution is 2.18. The standard InChI is InChI=1S/C17H24N2O/c1-13(2)10-11-17(3,20)12-18-16-9-8-14-6-4-5-7-15(14)19-16/h4-9,13,20H,10-12H2,1-3H3,(H,18,19). The van der Waals surface area contributed by atoms with Crippen LogP contribution in [0.4, 0.5) is 5.82 Å². The summed E-state index contributed by atoms with van der Waals surface area (Å²) in [6.45, 7) is 6.75. The van der Waals surface area contributed by atoms with E-state index in [4.69, 9.17) is 0 Å². The van der Waals surface area contributed by atoms with E-state index < -0.39 is 5.60 Å². The van der Waals surface area contributed by atoms with Crippen molar-refractivity contribution in [3.63, 3.8) is 0 Å². The lowest BCUT2D eigenvalue weighted by Gasteiger charge is -2.24.